The zero-order chi connectivity index (χ0) is 16.1. The smallest absolute Gasteiger partial charge is 0.323 e. The van der Waals surface area contributed by atoms with Gasteiger partial charge in [-0.1, -0.05) is 6.07 Å². The van der Waals surface area contributed by atoms with Crippen LogP contribution in [0.5, 0.6) is 11.8 Å². The number of hydrogen-bond acceptors (Lipinski definition) is 5. The molecule has 116 valence electrons. The summed E-state index contributed by atoms with van der Waals surface area (Å²) in [6.45, 7) is 3.55. The van der Waals surface area contributed by atoms with Crippen LogP contribution in [0.2, 0.25) is 0 Å². The average molecular weight is 302 g/mol. The van der Waals surface area contributed by atoms with Crippen molar-refractivity contribution in [3.8, 4) is 11.8 Å². The van der Waals surface area contributed by atoms with Crippen LogP contribution in [0.15, 0.2) is 24.3 Å². The standard InChI is InChI=1S/C15H18N4O3/c1-9-13(10(2)17-15(16-9)22-4)19-14(20)18-11-6-5-7-12(8-11)21-3/h5-8H,1-4H3,(H2,18,19,20). The molecule has 2 amide bonds. The molecule has 0 aliphatic rings. The molecule has 0 spiro atoms. The van der Waals surface area contributed by atoms with Gasteiger partial charge in [0.1, 0.15) is 5.75 Å². The number of aryl methyl sites for hydroxylation is 2. The number of carbonyl (C=O) groups excluding carboxylic acids is 1. The van der Waals surface area contributed by atoms with Crippen molar-refractivity contribution in [2.75, 3.05) is 24.9 Å². The fourth-order valence-corrected chi connectivity index (χ4v) is 1.93. The maximum atomic E-state index is 12.1. The van der Waals surface area contributed by atoms with E-state index < -0.39 is 0 Å². The largest absolute Gasteiger partial charge is 0.497 e. The number of nitrogens with zero attached hydrogens (tertiary/aromatic N) is 2. The van der Waals surface area contributed by atoms with Gasteiger partial charge in [-0.25, -0.2) is 4.79 Å². The van der Waals surface area contributed by atoms with E-state index in [0.717, 1.165) is 0 Å². The first-order chi connectivity index (χ1) is 10.5. The third-order valence-electron chi connectivity index (χ3n) is 3.00. The van der Waals surface area contributed by atoms with Crippen molar-refractivity contribution in [1.29, 1.82) is 0 Å². The predicted octanol–water partition coefficient (Wildman–Crippen LogP) is 2.75. The van der Waals surface area contributed by atoms with Gasteiger partial charge in [0.15, 0.2) is 0 Å². The number of anilines is 2. The van der Waals surface area contributed by atoms with Gasteiger partial charge in [0, 0.05) is 11.8 Å². The van der Waals surface area contributed by atoms with Gasteiger partial charge < -0.3 is 20.1 Å². The predicted molar refractivity (Wildman–Crippen MR) is 83.7 cm³/mol. The Balaban J connectivity index is 2.12. The van der Waals surface area contributed by atoms with Gasteiger partial charge in [0.2, 0.25) is 0 Å². The minimum absolute atomic E-state index is 0.272. The van der Waals surface area contributed by atoms with Gasteiger partial charge in [-0.3, -0.25) is 0 Å². The molecule has 2 N–H and O–H groups in total. The zero-order valence-electron chi connectivity index (χ0n) is 12.9. The Kier molecular flexibility index (Phi) is 4.77. The summed E-state index contributed by atoms with van der Waals surface area (Å²) in [7, 11) is 3.07. The summed E-state index contributed by atoms with van der Waals surface area (Å²) >= 11 is 0. The summed E-state index contributed by atoms with van der Waals surface area (Å²) in [5.74, 6) is 0.665. The molecule has 0 bridgehead atoms. The van der Waals surface area contributed by atoms with Gasteiger partial charge in [-0.15, -0.1) is 0 Å². The Labute approximate surface area is 128 Å². The number of amides is 2. The summed E-state index contributed by atoms with van der Waals surface area (Å²) in [6.07, 6.45) is 0. The maximum absolute atomic E-state index is 12.1. The Bertz CT molecular complexity index is 665. The molecule has 0 saturated heterocycles. The Morgan fingerprint density at radius 1 is 1.05 bits per heavy atom. The van der Waals surface area contributed by atoms with E-state index in [-0.39, 0.29) is 12.0 Å². The van der Waals surface area contributed by atoms with Crippen molar-refractivity contribution in [3.63, 3.8) is 0 Å². The Morgan fingerprint density at radius 2 is 1.73 bits per heavy atom. The molecule has 0 saturated carbocycles. The van der Waals surface area contributed by atoms with Crippen molar-refractivity contribution in [2.45, 2.75) is 13.8 Å². The van der Waals surface area contributed by atoms with Crippen LogP contribution in [0.1, 0.15) is 11.4 Å². The van der Waals surface area contributed by atoms with Gasteiger partial charge in [0.25, 0.3) is 0 Å². The van der Waals surface area contributed by atoms with Crippen LogP contribution in [0.25, 0.3) is 0 Å². The minimum atomic E-state index is -0.381. The molecule has 0 atom stereocenters. The molecule has 1 heterocycles. The summed E-state index contributed by atoms with van der Waals surface area (Å²) < 4.78 is 10.1. The first kappa shape index (κ1) is 15.6. The van der Waals surface area contributed by atoms with E-state index >= 15 is 0 Å². The quantitative estimate of drug-likeness (QED) is 0.907. The maximum Gasteiger partial charge on any atom is 0.323 e. The molecule has 1 aromatic heterocycles. The van der Waals surface area contributed by atoms with E-state index in [1.54, 1.807) is 45.2 Å². The second kappa shape index (κ2) is 6.75. The summed E-state index contributed by atoms with van der Waals surface area (Å²) in [5, 5.41) is 5.48. The van der Waals surface area contributed by atoms with E-state index in [1.807, 2.05) is 0 Å². The molecule has 2 aromatic rings. The second-order valence-corrected chi connectivity index (χ2v) is 4.57. The fraction of sp³-hybridized carbons (Fsp3) is 0.267. The highest BCUT2D eigenvalue weighted by molar-refractivity contribution is 6.00. The molecule has 7 heteroatoms. The highest BCUT2D eigenvalue weighted by Gasteiger charge is 2.12. The summed E-state index contributed by atoms with van der Waals surface area (Å²) in [4.78, 5) is 20.4. The molecule has 0 fully saturated rings. The van der Waals surface area contributed by atoms with Crippen LogP contribution in [0, 0.1) is 13.8 Å². The van der Waals surface area contributed by atoms with Crippen molar-refractivity contribution in [3.05, 3.63) is 35.7 Å². The number of benzene rings is 1. The molecule has 22 heavy (non-hydrogen) atoms. The van der Waals surface area contributed by atoms with Crippen LogP contribution in [-0.4, -0.2) is 30.2 Å². The van der Waals surface area contributed by atoms with Crippen LogP contribution < -0.4 is 20.1 Å². The van der Waals surface area contributed by atoms with Crippen LogP contribution in [0.4, 0.5) is 16.2 Å². The molecular weight excluding hydrogens is 284 g/mol. The summed E-state index contributed by atoms with van der Waals surface area (Å²) in [5.41, 5.74) is 2.44. The van der Waals surface area contributed by atoms with Crippen molar-refractivity contribution in [2.24, 2.45) is 0 Å². The number of methoxy groups -OCH3 is 2. The lowest BCUT2D eigenvalue weighted by Crippen LogP contribution is -2.21. The third-order valence-corrected chi connectivity index (χ3v) is 3.00. The third kappa shape index (κ3) is 3.63. The van der Waals surface area contributed by atoms with Gasteiger partial charge >= 0.3 is 12.0 Å². The number of hydrogen-bond donors (Lipinski definition) is 2. The molecule has 0 aliphatic carbocycles. The van der Waals surface area contributed by atoms with Crippen molar-refractivity contribution >= 4 is 17.4 Å². The lowest BCUT2D eigenvalue weighted by molar-refractivity contribution is 0.262. The van der Waals surface area contributed by atoms with E-state index in [4.69, 9.17) is 9.47 Å². The van der Waals surface area contributed by atoms with Crippen LogP contribution >= 0.6 is 0 Å². The monoisotopic (exact) mass is 302 g/mol. The zero-order valence-corrected chi connectivity index (χ0v) is 12.9. The molecule has 0 radical (unpaired) electrons. The van der Waals surface area contributed by atoms with E-state index in [9.17, 15) is 4.79 Å². The molecule has 7 nitrogen and oxygen atoms in total. The second-order valence-electron chi connectivity index (χ2n) is 4.57. The van der Waals surface area contributed by atoms with Crippen molar-refractivity contribution in [1.82, 2.24) is 9.97 Å². The van der Waals surface area contributed by atoms with Gasteiger partial charge in [-0.2, -0.15) is 9.97 Å². The number of aromatic nitrogens is 2. The minimum Gasteiger partial charge on any atom is -0.497 e. The molecular formula is C15H18N4O3. The highest BCUT2D eigenvalue weighted by Crippen LogP contribution is 2.20. The topological polar surface area (TPSA) is 85.4 Å². The number of carbonyl (C=O) groups is 1. The SMILES string of the molecule is COc1cccc(NC(=O)Nc2c(C)nc(OC)nc2C)c1. The van der Waals surface area contributed by atoms with Gasteiger partial charge in [0.05, 0.1) is 31.3 Å². The molecule has 1 aromatic carbocycles. The highest BCUT2D eigenvalue weighted by atomic mass is 16.5. The Morgan fingerprint density at radius 3 is 2.32 bits per heavy atom. The van der Waals surface area contributed by atoms with E-state index in [1.165, 1.54) is 7.11 Å². The Hall–Kier alpha value is -2.83. The number of rotatable bonds is 4. The summed E-state index contributed by atoms with van der Waals surface area (Å²) in [6, 6.07) is 6.98. The van der Waals surface area contributed by atoms with Crippen LogP contribution in [0.3, 0.4) is 0 Å². The fourth-order valence-electron chi connectivity index (χ4n) is 1.93. The van der Waals surface area contributed by atoms with Gasteiger partial charge in [-0.05, 0) is 26.0 Å². The normalized spacial score (nSPS) is 10.0. The van der Waals surface area contributed by atoms with Crippen LogP contribution in [-0.2, 0) is 0 Å². The van der Waals surface area contributed by atoms with E-state index in [0.29, 0.717) is 28.5 Å². The first-order valence-electron chi connectivity index (χ1n) is 6.64. The average Bonchev–Trinajstić information content (AvgIpc) is 2.50. The molecule has 0 aliphatic heterocycles. The number of nitrogens with one attached hydrogen (secondary N) is 2. The number of urea groups is 1. The lowest BCUT2D eigenvalue weighted by Gasteiger charge is -2.12. The number of ether oxygens (including phenoxy) is 2. The lowest BCUT2D eigenvalue weighted by atomic mass is 10.3. The first-order valence-corrected chi connectivity index (χ1v) is 6.64. The molecule has 2 rings (SSSR count). The molecule has 0 unspecified atom stereocenters. The van der Waals surface area contributed by atoms with Crippen molar-refractivity contribution < 1.29 is 14.3 Å². The van der Waals surface area contributed by atoms with E-state index in [2.05, 4.69) is 20.6 Å².